The van der Waals surface area contributed by atoms with Gasteiger partial charge in [0.25, 0.3) is 0 Å². The Morgan fingerprint density at radius 3 is 2.91 bits per heavy atom. The van der Waals surface area contributed by atoms with E-state index in [1.54, 1.807) is 17.6 Å². The van der Waals surface area contributed by atoms with E-state index in [2.05, 4.69) is 16.4 Å². The van der Waals surface area contributed by atoms with E-state index in [4.69, 9.17) is 0 Å². The molecule has 2 rings (SSSR count). The summed E-state index contributed by atoms with van der Waals surface area (Å²) in [7, 11) is -0.821. The van der Waals surface area contributed by atoms with E-state index in [-0.39, 0.29) is 11.2 Å². The number of nitrogens with zero attached hydrogens (tertiary/aromatic N) is 1. The number of aryl methyl sites for hydroxylation is 1. The zero-order chi connectivity index (χ0) is 15.9. The maximum absolute atomic E-state index is 11.8. The molecule has 0 fully saturated rings. The van der Waals surface area contributed by atoms with Crippen LogP contribution in [0.25, 0.3) is 10.2 Å². The molecule has 1 aromatic carbocycles. The van der Waals surface area contributed by atoms with Gasteiger partial charge in [-0.15, -0.1) is 11.3 Å². The van der Waals surface area contributed by atoms with Crippen LogP contribution in [0.2, 0.25) is 0 Å². The Bertz CT molecular complexity index is 621. The largest absolute Gasteiger partial charge is 0.356 e. The number of para-hydroxylation sites is 1. The van der Waals surface area contributed by atoms with Gasteiger partial charge in [-0.2, -0.15) is 0 Å². The molecule has 22 heavy (non-hydrogen) atoms. The third-order valence-corrected chi connectivity index (χ3v) is 6.04. The molecule has 1 N–H and O–H groups in total. The van der Waals surface area contributed by atoms with Crippen molar-refractivity contribution in [1.82, 2.24) is 10.3 Å². The number of fused-ring (bicyclic) bond motifs is 1. The average molecular weight is 338 g/mol. The number of benzene rings is 1. The minimum Gasteiger partial charge on any atom is -0.356 e. The van der Waals surface area contributed by atoms with Crippen LogP contribution in [-0.2, 0) is 22.0 Å². The number of aromatic nitrogens is 1. The normalized spacial score (nSPS) is 13.9. The molecule has 2 aromatic rings. The summed E-state index contributed by atoms with van der Waals surface area (Å²) < 4.78 is 12.4. The SMILES string of the molecule is C[C@H](CCNC(=O)CCCc1nc2ccccc2s1)[S@](C)=O. The van der Waals surface area contributed by atoms with Gasteiger partial charge < -0.3 is 5.32 Å². The van der Waals surface area contributed by atoms with E-state index in [0.29, 0.717) is 13.0 Å². The molecule has 1 aromatic heterocycles. The molecule has 2 atom stereocenters. The molecule has 0 saturated carbocycles. The minimum absolute atomic E-state index is 0.0650. The van der Waals surface area contributed by atoms with Crippen LogP contribution in [0.4, 0.5) is 0 Å². The van der Waals surface area contributed by atoms with Crippen LogP contribution in [0.1, 0.15) is 31.2 Å². The highest BCUT2D eigenvalue weighted by atomic mass is 32.2. The first-order valence-electron chi connectivity index (χ1n) is 7.49. The molecule has 0 spiro atoms. The second kappa shape index (κ2) is 8.39. The van der Waals surface area contributed by atoms with Crippen molar-refractivity contribution in [2.45, 2.75) is 37.9 Å². The van der Waals surface area contributed by atoms with Crippen LogP contribution in [0.5, 0.6) is 0 Å². The van der Waals surface area contributed by atoms with Crippen LogP contribution in [0.3, 0.4) is 0 Å². The van der Waals surface area contributed by atoms with Gasteiger partial charge in [0.1, 0.15) is 0 Å². The first-order valence-corrected chi connectivity index (χ1v) is 9.93. The van der Waals surface area contributed by atoms with Gasteiger partial charge in [0.2, 0.25) is 5.91 Å². The molecule has 4 nitrogen and oxygen atoms in total. The fraction of sp³-hybridized carbons (Fsp3) is 0.500. The van der Waals surface area contributed by atoms with Gasteiger partial charge in [-0.1, -0.05) is 19.1 Å². The third-order valence-electron chi connectivity index (χ3n) is 3.57. The van der Waals surface area contributed by atoms with Crippen molar-refractivity contribution < 1.29 is 9.00 Å². The Morgan fingerprint density at radius 1 is 1.41 bits per heavy atom. The average Bonchev–Trinajstić information content (AvgIpc) is 2.89. The molecule has 6 heteroatoms. The number of amides is 1. The van der Waals surface area contributed by atoms with Crippen molar-refractivity contribution in [2.24, 2.45) is 0 Å². The number of carbonyl (C=O) groups excluding carboxylic acids is 1. The lowest BCUT2D eigenvalue weighted by molar-refractivity contribution is -0.121. The van der Waals surface area contributed by atoms with Crippen molar-refractivity contribution >= 4 is 38.3 Å². The lowest BCUT2D eigenvalue weighted by atomic mass is 10.2. The Labute approximate surface area is 137 Å². The standard InChI is InChI=1S/C16H22N2O2S2/c1-12(22(2)20)10-11-17-15(19)8-5-9-16-18-13-6-3-4-7-14(13)21-16/h3-4,6-7,12H,5,8-11H2,1-2H3,(H,17,19)/t12-,22+/m1/s1. The number of rotatable bonds is 8. The summed E-state index contributed by atoms with van der Waals surface area (Å²) in [4.78, 5) is 16.3. The van der Waals surface area contributed by atoms with E-state index in [1.165, 1.54) is 4.70 Å². The van der Waals surface area contributed by atoms with Gasteiger partial charge in [0.05, 0.1) is 15.2 Å². The van der Waals surface area contributed by atoms with E-state index in [1.807, 2.05) is 25.1 Å². The van der Waals surface area contributed by atoms with Gasteiger partial charge in [-0.3, -0.25) is 9.00 Å². The first kappa shape index (κ1) is 17.1. The van der Waals surface area contributed by atoms with Gasteiger partial charge in [0, 0.05) is 35.3 Å². The van der Waals surface area contributed by atoms with Gasteiger partial charge in [-0.25, -0.2) is 4.98 Å². The smallest absolute Gasteiger partial charge is 0.220 e. The molecule has 0 aliphatic rings. The van der Waals surface area contributed by atoms with Crippen LogP contribution in [0.15, 0.2) is 24.3 Å². The Kier molecular flexibility index (Phi) is 6.51. The maximum Gasteiger partial charge on any atom is 0.220 e. The molecule has 0 saturated heterocycles. The second-order valence-electron chi connectivity index (χ2n) is 5.38. The molecule has 1 heterocycles. The summed E-state index contributed by atoms with van der Waals surface area (Å²) in [5, 5.41) is 4.11. The Hall–Kier alpha value is -1.27. The molecule has 0 radical (unpaired) electrons. The number of hydrogen-bond acceptors (Lipinski definition) is 4. The molecular weight excluding hydrogens is 316 g/mol. The van der Waals surface area contributed by atoms with E-state index < -0.39 is 10.8 Å². The molecule has 120 valence electrons. The van der Waals surface area contributed by atoms with Crippen LogP contribution >= 0.6 is 11.3 Å². The summed E-state index contributed by atoms with van der Waals surface area (Å²) in [6.45, 7) is 2.54. The molecule has 0 bridgehead atoms. The fourth-order valence-electron chi connectivity index (χ4n) is 2.10. The van der Waals surface area contributed by atoms with Crippen LogP contribution < -0.4 is 5.32 Å². The monoisotopic (exact) mass is 338 g/mol. The lowest BCUT2D eigenvalue weighted by Gasteiger charge is -2.09. The summed E-state index contributed by atoms with van der Waals surface area (Å²) >= 11 is 1.70. The predicted molar refractivity (Wildman–Crippen MR) is 93.7 cm³/mol. The van der Waals surface area contributed by atoms with Crippen LogP contribution in [0, 0.1) is 0 Å². The molecule has 0 unspecified atom stereocenters. The van der Waals surface area contributed by atoms with Crippen LogP contribution in [-0.4, -0.2) is 33.2 Å². The van der Waals surface area contributed by atoms with E-state index in [9.17, 15) is 9.00 Å². The summed E-state index contributed by atoms with van der Waals surface area (Å²) in [5.74, 6) is 0.0650. The van der Waals surface area contributed by atoms with E-state index in [0.717, 1.165) is 29.8 Å². The minimum atomic E-state index is -0.821. The van der Waals surface area contributed by atoms with Crippen molar-refractivity contribution in [2.75, 3.05) is 12.8 Å². The van der Waals surface area contributed by atoms with Crippen molar-refractivity contribution in [3.8, 4) is 0 Å². The zero-order valence-corrected chi connectivity index (χ0v) is 14.6. The fourth-order valence-corrected chi connectivity index (χ4v) is 3.56. The van der Waals surface area contributed by atoms with Crippen molar-refractivity contribution in [1.29, 1.82) is 0 Å². The number of hydrogen-bond donors (Lipinski definition) is 1. The highest BCUT2D eigenvalue weighted by Gasteiger charge is 2.08. The Morgan fingerprint density at radius 2 is 2.18 bits per heavy atom. The maximum atomic E-state index is 11.8. The third kappa shape index (κ3) is 5.18. The number of thiazole rings is 1. The topological polar surface area (TPSA) is 59.1 Å². The molecule has 0 aliphatic heterocycles. The highest BCUT2D eigenvalue weighted by Crippen LogP contribution is 2.22. The number of nitrogens with one attached hydrogen (secondary N) is 1. The zero-order valence-electron chi connectivity index (χ0n) is 13.0. The van der Waals surface area contributed by atoms with E-state index >= 15 is 0 Å². The van der Waals surface area contributed by atoms with Gasteiger partial charge in [0.15, 0.2) is 0 Å². The Balaban J connectivity index is 1.67. The van der Waals surface area contributed by atoms with Gasteiger partial charge >= 0.3 is 0 Å². The second-order valence-corrected chi connectivity index (χ2v) is 8.29. The first-order chi connectivity index (χ1) is 10.6. The van der Waals surface area contributed by atoms with Crippen molar-refractivity contribution in [3.63, 3.8) is 0 Å². The summed E-state index contributed by atoms with van der Waals surface area (Å²) in [6.07, 6.45) is 4.61. The lowest BCUT2D eigenvalue weighted by Crippen LogP contribution is -2.27. The summed E-state index contributed by atoms with van der Waals surface area (Å²) in [6, 6.07) is 8.09. The van der Waals surface area contributed by atoms with Crippen molar-refractivity contribution in [3.05, 3.63) is 29.3 Å². The molecule has 0 aliphatic carbocycles. The molecular formula is C16H22N2O2S2. The quantitative estimate of drug-likeness (QED) is 0.805. The van der Waals surface area contributed by atoms with Gasteiger partial charge in [-0.05, 0) is 31.4 Å². The predicted octanol–water partition coefficient (Wildman–Crippen LogP) is 2.89. The summed E-state index contributed by atoms with van der Waals surface area (Å²) in [5.41, 5.74) is 1.04. The number of carbonyl (C=O) groups is 1. The molecule has 1 amide bonds. The highest BCUT2D eigenvalue weighted by molar-refractivity contribution is 7.84.